The monoisotopic (exact) mass is 137 g/mol. The molecule has 0 aliphatic heterocycles. The Morgan fingerprint density at radius 3 is 2.00 bits per heavy atom. The van der Waals surface area contributed by atoms with Crippen molar-refractivity contribution in [3.8, 4) is 0 Å². The van der Waals surface area contributed by atoms with E-state index in [1.165, 1.54) is 0 Å². The van der Waals surface area contributed by atoms with E-state index in [0.717, 1.165) is 16.8 Å². The van der Waals surface area contributed by atoms with E-state index in [4.69, 9.17) is 5.21 Å². The molecular formula is C8H11NO. The Bertz CT molecular complexity index is 212. The Morgan fingerprint density at radius 1 is 1.20 bits per heavy atom. The van der Waals surface area contributed by atoms with Crippen LogP contribution in [-0.2, 0) is 0 Å². The van der Waals surface area contributed by atoms with Gasteiger partial charge in [0.25, 0.3) is 0 Å². The summed E-state index contributed by atoms with van der Waals surface area (Å²) in [6.07, 6.45) is 0. The molecule has 0 spiro atoms. The summed E-state index contributed by atoms with van der Waals surface area (Å²) in [5, 5.41) is 8.65. The van der Waals surface area contributed by atoms with Gasteiger partial charge < -0.3 is 0 Å². The van der Waals surface area contributed by atoms with E-state index in [1.54, 1.807) is 0 Å². The third-order valence-corrected chi connectivity index (χ3v) is 1.59. The van der Waals surface area contributed by atoms with Crippen molar-refractivity contribution in [3.63, 3.8) is 0 Å². The molecule has 1 aromatic rings. The van der Waals surface area contributed by atoms with Crippen LogP contribution in [0.1, 0.15) is 11.1 Å². The van der Waals surface area contributed by atoms with E-state index < -0.39 is 0 Å². The van der Waals surface area contributed by atoms with Gasteiger partial charge in [-0.05, 0) is 25.0 Å². The molecular weight excluding hydrogens is 126 g/mol. The first-order valence-electron chi connectivity index (χ1n) is 3.22. The van der Waals surface area contributed by atoms with Crippen molar-refractivity contribution in [2.75, 3.05) is 5.48 Å². The predicted molar refractivity (Wildman–Crippen MR) is 41.3 cm³/mol. The summed E-state index contributed by atoms with van der Waals surface area (Å²) in [6, 6.07) is 5.86. The fourth-order valence-corrected chi connectivity index (χ4v) is 0.991. The summed E-state index contributed by atoms with van der Waals surface area (Å²) >= 11 is 0. The van der Waals surface area contributed by atoms with E-state index >= 15 is 0 Å². The molecule has 1 rings (SSSR count). The largest absolute Gasteiger partial charge is 0.291 e. The number of benzene rings is 1. The molecule has 0 bridgehead atoms. The van der Waals surface area contributed by atoms with Gasteiger partial charge in [0, 0.05) is 0 Å². The maximum atomic E-state index is 8.65. The standard InChI is InChI=1S/C8H11NO/c1-6-4-3-5-7(2)8(6)9-10/h3-5,9-10H,1-2H3. The van der Waals surface area contributed by atoms with Crippen molar-refractivity contribution in [2.45, 2.75) is 13.8 Å². The van der Waals surface area contributed by atoms with E-state index in [2.05, 4.69) is 5.48 Å². The second-order valence-electron chi connectivity index (χ2n) is 2.38. The molecule has 0 heterocycles. The van der Waals surface area contributed by atoms with Crippen LogP contribution < -0.4 is 5.48 Å². The molecule has 54 valence electrons. The first kappa shape index (κ1) is 7.09. The number of para-hydroxylation sites is 1. The minimum absolute atomic E-state index is 0.808. The molecule has 0 fully saturated rings. The zero-order valence-electron chi connectivity index (χ0n) is 6.18. The molecule has 0 aliphatic carbocycles. The quantitative estimate of drug-likeness (QED) is 0.581. The molecule has 2 nitrogen and oxygen atoms in total. The topological polar surface area (TPSA) is 32.3 Å². The summed E-state index contributed by atoms with van der Waals surface area (Å²) < 4.78 is 0. The van der Waals surface area contributed by atoms with E-state index in [9.17, 15) is 0 Å². The van der Waals surface area contributed by atoms with Crippen LogP contribution in [0.25, 0.3) is 0 Å². The first-order valence-corrected chi connectivity index (χ1v) is 3.22. The van der Waals surface area contributed by atoms with Gasteiger partial charge in [0.2, 0.25) is 0 Å². The highest BCUT2D eigenvalue weighted by atomic mass is 16.5. The Hall–Kier alpha value is -1.02. The normalized spacial score (nSPS) is 9.50. The first-order chi connectivity index (χ1) is 4.75. The molecule has 0 atom stereocenters. The van der Waals surface area contributed by atoms with Crippen LogP contribution in [0, 0.1) is 13.8 Å². The summed E-state index contributed by atoms with van der Waals surface area (Å²) in [5.41, 5.74) is 5.09. The summed E-state index contributed by atoms with van der Waals surface area (Å²) in [4.78, 5) is 0. The van der Waals surface area contributed by atoms with Gasteiger partial charge >= 0.3 is 0 Å². The third-order valence-electron chi connectivity index (χ3n) is 1.59. The smallest absolute Gasteiger partial charge is 0.0660 e. The van der Waals surface area contributed by atoms with Gasteiger partial charge in [-0.25, -0.2) is 0 Å². The van der Waals surface area contributed by atoms with Crippen molar-refractivity contribution in [3.05, 3.63) is 29.3 Å². The van der Waals surface area contributed by atoms with Crippen molar-refractivity contribution in [1.29, 1.82) is 0 Å². The highest BCUT2D eigenvalue weighted by Gasteiger charge is 1.97. The molecule has 10 heavy (non-hydrogen) atoms. The van der Waals surface area contributed by atoms with Gasteiger partial charge in [0.05, 0.1) is 5.69 Å². The summed E-state index contributed by atoms with van der Waals surface area (Å²) in [6.45, 7) is 3.90. The van der Waals surface area contributed by atoms with Crippen molar-refractivity contribution < 1.29 is 5.21 Å². The maximum Gasteiger partial charge on any atom is 0.0660 e. The lowest BCUT2D eigenvalue weighted by Gasteiger charge is -2.05. The molecule has 0 aliphatic rings. The fraction of sp³-hybridized carbons (Fsp3) is 0.250. The van der Waals surface area contributed by atoms with Gasteiger partial charge in [-0.1, -0.05) is 18.2 Å². The lowest BCUT2D eigenvalue weighted by atomic mass is 10.1. The summed E-state index contributed by atoms with van der Waals surface area (Å²) in [5.74, 6) is 0. The lowest BCUT2D eigenvalue weighted by molar-refractivity contribution is 0.388. The lowest BCUT2D eigenvalue weighted by Crippen LogP contribution is -1.94. The average molecular weight is 137 g/mol. The van der Waals surface area contributed by atoms with Crippen LogP contribution in [0.3, 0.4) is 0 Å². The number of aryl methyl sites for hydroxylation is 2. The van der Waals surface area contributed by atoms with Crippen LogP contribution in [0.15, 0.2) is 18.2 Å². The Morgan fingerprint density at radius 2 is 1.70 bits per heavy atom. The van der Waals surface area contributed by atoms with Crippen LogP contribution in [0.2, 0.25) is 0 Å². The number of hydrogen-bond donors (Lipinski definition) is 2. The molecule has 0 saturated carbocycles. The van der Waals surface area contributed by atoms with E-state index in [1.807, 2.05) is 32.0 Å². The van der Waals surface area contributed by atoms with Crippen molar-refractivity contribution >= 4 is 5.69 Å². The molecule has 0 radical (unpaired) electrons. The minimum atomic E-state index is 0.808. The SMILES string of the molecule is Cc1cccc(C)c1NO. The zero-order valence-corrected chi connectivity index (χ0v) is 6.18. The Labute approximate surface area is 60.5 Å². The second kappa shape index (κ2) is 2.71. The average Bonchev–Trinajstić information content (AvgIpc) is 1.88. The van der Waals surface area contributed by atoms with Crippen LogP contribution >= 0.6 is 0 Å². The highest BCUT2D eigenvalue weighted by Crippen LogP contribution is 2.17. The van der Waals surface area contributed by atoms with Gasteiger partial charge in [-0.2, -0.15) is 0 Å². The molecule has 2 N–H and O–H groups in total. The second-order valence-corrected chi connectivity index (χ2v) is 2.38. The van der Waals surface area contributed by atoms with E-state index in [0.29, 0.717) is 0 Å². The maximum absolute atomic E-state index is 8.65. The van der Waals surface area contributed by atoms with Gasteiger partial charge in [0.1, 0.15) is 0 Å². The molecule has 0 amide bonds. The number of rotatable bonds is 1. The zero-order chi connectivity index (χ0) is 7.56. The van der Waals surface area contributed by atoms with Crippen LogP contribution in [0.4, 0.5) is 5.69 Å². The molecule has 1 aromatic carbocycles. The fourth-order valence-electron chi connectivity index (χ4n) is 0.991. The molecule has 0 aromatic heterocycles. The molecule has 0 saturated heterocycles. The molecule has 0 unspecified atom stereocenters. The van der Waals surface area contributed by atoms with Crippen LogP contribution in [-0.4, -0.2) is 5.21 Å². The van der Waals surface area contributed by atoms with Crippen molar-refractivity contribution in [1.82, 2.24) is 0 Å². The van der Waals surface area contributed by atoms with Crippen molar-refractivity contribution in [2.24, 2.45) is 0 Å². The van der Waals surface area contributed by atoms with Gasteiger partial charge in [-0.15, -0.1) is 0 Å². The molecule has 2 heteroatoms. The number of anilines is 1. The highest BCUT2D eigenvalue weighted by molar-refractivity contribution is 5.54. The number of hydrogen-bond acceptors (Lipinski definition) is 2. The minimum Gasteiger partial charge on any atom is -0.291 e. The predicted octanol–water partition coefficient (Wildman–Crippen LogP) is 2.10. The van der Waals surface area contributed by atoms with Gasteiger partial charge in [-0.3, -0.25) is 10.7 Å². The van der Waals surface area contributed by atoms with Crippen LogP contribution in [0.5, 0.6) is 0 Å². The Balaban J connectivity index is 3.17. The summed E-state index contributed by atoms with van der Waals surface area (Å²) in [7, 11) is 0. The third kappa shape index (κ3) is 1.11. The Kier molecular flexibility index (Phi) is 1.92. The van der Waals surface area contributed by atoms with Gasteiger partial charge in [0.15, 0.2) is 0 Å². The van der Waals surface area contributed by atoms with E-state index in [-0.39, 0.29) is 0 Å². The number of nitrogens with one attached hydrogen (secondary N) is 1.